The third-order valence-electron chi connectivity index (χ3n) is 5.85. The minimum atomic E-state index is -3.10. The Kier molecular flexibility index (Phi) is 13.8. The molecule has 1 saturated heterocycles. The lowest BCUT2D eigenvalue weighted by Crippen LogP contribution is -2.50. The minimum Gasteiger partial charge on any atom is -0.469 e. The molecule has 180 valence electrons. The molecule has 1 aliphatic heterocycles. The second-order valence-electron chi connectivity index (χ2n) is 8.08. The third kappa shape index (κ3) is 10.1. The maximum absolute atomic E-state index is 12.1. The number of unbranched alkanes of at least 4 members (excludes halogenated alkanes) is 1. The highest BCUT2D eigenvalue weighted by Gasteiger charge is 2.27. The van der Waals surface area contributed by atoms with E-state index in [2.05, 4.69) is 24.5 Å². The van der Waals surface area contributed by atoms with Crippen LogP contribution in [-0.2, 0) is 16.4 Å². The van der Waals surface area contributed by atoms with Crippen molar-refractivity contribution in [1.82, 2.24) is 14.9 Å². The van der Waals surface area contributed by atoms with E-state index in [0.29, 0.717) is 19.0 Å². The average molecular weight is 569 g/mol. The number of hydrogen-bond donors (Lipinski definition) is 2. The smallest absolute Gasteiger partial charge is 0.213 e. The van der Waals surface area contributed by atoms with Crippen molar-refractivity contribution < 1.29 is 12.8 Å². The monoisotopic (exact) mass is 568 g/mol. The van der Waals surface area contributed by atoms with E-state index in [1.54, 1.807) is 17.5 Å². The number of nitrogens with zero attached hydrogens (tertiary/aromatic N) is 2. The van der Waals surface area contributed by atoms with Crippen LogP contribution in [-0.4, -0.2) is 56.7 Å². The number of nitrogens with one attached hydrogen (secondary N) is 2. The molecular formula is C22H41IN4O3S. The molecule has 0 bridgehead atoms. The van der Waals surface area contributed by atoms with Gasteiger partial charge >= 0.3 is 0 Å². The van der Waals surface area contributed by atoms with Crippen LogP contribution in [0.3, 0.4) is 0 Å². The molecule has 0 radical (unpaired) electrons. The summed E-state index contributed by atoms with van der Waals surface area (Å²) in [5.41, 5.74) is 0. The van der Waals surface area contributed by atoms with Gasteiger partial charge in [0.25, 0.3) is 0 Å². The summed E-state index contributed by atoms with van der Waals surface area (Å²) in [5, 5.41) is 6.99. The fourth-order valence-corrected chi connectivity index (χ4v) is 4.84. The summed E-state index contributed by atoms with van der Waals surface area (Å²) in [5.74, 6) is 2.55. The normalized spacial score (nSPS) is 17.2. The summed E-state index contributed by atoms with van der Waals surface area (Å²) >= 11 is 0. The lowest BCUT2D eigenvalue weighted by molar-refractivity contribution is 0.306. The Labute approximate surface area is 205 Å². The second kappa shape index (κ2) is 15.1. The van der Waals surface area contributed by atoms with Gasteiger partial charge in [0, 0.05) is 38.6 Å². The zero-order valence-corrected chi connectivity index (χ0v) is 22.5. The molecule has 1 aliphatic rings. The molecule has 0 aliphatic carbocycles. The molecule has 2 heterocycles. The van der Waals surface area contributed by atoms with Gasteiger partial charge in [0.15, 0.2) is 5.96 Å². The van der Waals surface area contributed by atoms with Crippen LogP contribution < -0.4 is 10.6 Å². The molecule has 0 spiro atoms. The number of piperidine rings is 1. The number of rotatable bonds is 12. The van der Waals surface area contributed by atoms with Gasteiger partial charge in [-0.25, -0.2) is 12.7 Å². The number of sulfonamides is 1. The molecule has 1 atom stereocenters. The number of furan rings is 1. The average Bonchev–Trinajstić information content (AvgIpc) is 3.27. The van der Waals surface area contributed by atoms with Crippen molar-refractivity contribution in [1.29, 1.82) is 0 Å². The highest BCUT2D eigenvalue weighted by atomic mass is 127. The van der Waals surface area contributed by atoms with E-state index in [9.17, 15) is 8.42 Å². The van der Waals surface area contributed by atoms with Crippen LogP contribution in [0.5, 0.6) is 0 Å². The van der Waals surface area contributed by atoms with Crippen LogP contribution in [0.25, 0.3) is 0 Å². The van der Waals surface area contributed by atoms with Crippen molar-refractivity contribution in [2.75, 3.05) is 31.9 Å². The van der Waals surface area contributed by atoms with Gasteiger partial charge in [0.1, 0.15) is 5.76 Å². The molecule has 1 fully saturated rings. The number of guanidine groups is 1. The first kappa shape index (κ1) is 28.2. The van der Waals surface area contributed by atoms with Crippen LogP contribution in [0.4, 0.5) is 0 Å². The van der Waals surface area contributed by atoms with Crippen LogP contribution in [0.1, 0.15) is 65.1 Å². The van der Waals surface area contributed by atoms with Crippen molar-refractivity contribution in [2.24, 2.45) is 10.9 Å². The Hall–Kier alpha value is -0.810. The zero-order valence-electron chi connectivity index (χ0n) is 19.3. The Bertz CT molecular complexity index is 717. The van der Waals surface area contributed by atoms with Gasteiger partial charge in [-0.1, -0.05) is 33.1 Å². The predicted molar refractivity (Wildman–Crippen MR) is 139 cm³/mol. The van der Waals surface area contributed by atoms with Gasteiger partial charge in [0.2, 0.25) is 10.0 Å². The summed E-state index contributed by atoms with van der Waals surface area (Å²) < 4.78 is 31.2. The van der Waals surface area contributed by atoms with Crippen LogP contribution in [0.15, 0.2) is 27.8 Å². The molecule has 0 amide bonds. The summed E-state index contributed by atoms with van der Waals surface area (Å²) in [6, 6.07) is 4.12. The molecule has 31 heavy (non-hydrogen) atoms. The molecule has 2 N–H and O–H groups in total. The van der Waals surface area contributed by atoms with E-state index in [4.69, 9.17) is 9.41 Å². The van der Waals surface area contributed by atoms with E-state index >= 15 is 0 Å². The first-order chi connectivity index (χ1) is 14.5. The van der Waals surface area contributed by atoms with Crippen molar-refractivity contribution >= 4 is 40.0 Å². The quantitative estimate of drug-likeness (QED) is 0.226. The van der Waals surface area contributed by atoms with Crippen molar-refractivity contribution in [3.63, 3.8) is 0 Å². The van der Waals surface area contributed by atoms with Gasteiger partial charge in [-0.2, -0.15) is 0 Å². The van der Waals surface area contributed by atoms with Gasteiger partial charge in [-0.05, 0) is 44.2 Å². The largest absolute Gasteiger partial charge is 0.469 e. The SMILES string of the molecule is CCCCC(CC)CN=C(NCCc1ccco1)NC1CCN(S(=O)(=O)CC)CC1.I. The molecule has 1 aromatic rings. The summed E-state index contributed by atoms with van der Waals surface area (Å²) in [4.78, 5) is 4.88. The van der Waals surface area contributed by atoms with Crippen LogP contribution >= 0.6 is 24.0 Å². The van der Waals surface area contributed by atoms with Gasteiger partial charge < -0.3 is 15.1 Å². The standard InChI is InChI=1S/C22H40N4O3S.HI/c1-4-7-9-19(5-2)18-24-22(23-14-11-21-10-8-17-29-21)25-20-12-15-26(16-13-20)30(27,28)6-3;/h8,10,17,19-20H,4-7,9,11-16,18H2,1-3H3,(H2,23,24,25);1H. The van der Waals surface area contributed by atoms with Gasteiger partial charge in [-0.3, -0.25) is 4.99 Å². The molecule has 2 rings (SSSR count). The van der Waals surface area contributed by atoms with Crippen molar-refractivity contribution in [3.8, 4) is 0 Å². The summed E-state index contributed by atoms with van der Waals surface area (Å²) in [7, 11) is -3.10. The van der Waals surface area contributed by atoms with Crippen LogP contribution in [0.2, 0.25) is 0 Å². The molecular weight excluding hydrogens is 527 g/mol. The first-order valence-corrected chi connectivity index (χ1v) is 13.1. The molecule has 7 nitrogen and oxygen atoms in total. The summed E-state index contributed by atoms with van der Waals surface area (Å²) in [6.45, 7) is 8.87. The van der Waals surface area contributed by atoms with E-state index in [1.165, 1.54) is 19.3 Å². The highest BCUT2D eigenvalue weighted by molar-refractivity contribution is 14.0. The Balaban J connectivity index is 0.00000480. The molecule has 1 unspecified atom stereocenters. The maximum Gasteiger partial charge on any atom is 0.213 e. The third-order valence-corrected chi connectivity index (χ3v) is 7.73. The molecule has 9 heteroatoms. The van der Waals surface area contributed by atoms with Crippen molar-refractivity contribution in [2.45, 2.75) is 71.8 Å². The number of hydrogen-bond acceptors (Lipinski definition) is 4. The maximum atomic E-state index is 12.1. The first-order valence-electron chi connectivity index (χ1n) is 11.5. The number of halogens is 1. The van der Waals surface area contributed by atoms with Gasteiger partial charge in [-0.15, -0.1) is 24.0 Å². The van der Waals surface area contributed by atoms with E-state index in [1.807, 2.05) is 12.1 Å². The fraction of sp³-hybridized carbons (Fsp3) is 0.773. The predicted octanol–water partition coefficient (Wildman–Crippen LogP) is 4.01. The van der Waals surface area contributed by atoms with Crippen LogP contribution in [0, 0.1) is 5.92 Å². The molecule has 0 saturated carbocycles. The highest BCUT2D eigenvalue weighted by Crippen LogP contribution is 2.15. The van der Waals surface area contributed by atoms with E-state index in [0.717, 1.165) is 50.5 Å². The summed E-state index contributed by atoms with van der Waals surface area (Å²) in [6.07, 6.45) is 8.89. The topological polar surface area (TPSA) is 86.9 Å². The van der Waals surface area contributed by atoms with E-state index in [-0.39, 0.29) is 35.8 Å². The molecule has 0 aromatic carbocycles. The fourth-order valence-electron chi connectivity index (χ4n) is 3.70. The van der Waals surface area contributed by atoms with Gasteiger partial charge in [0.05, 0.1) is 12.0 Å². The van der Waals surface area contributed by atoms with E-state index < -0.39 is 10.0 Å². The molecule has 1 aromatic heterocycles. The lowest BCUT2D eigenvalue weighted by Gasteiger charge is -2.32. The Morgan fingerprint density at radius 2 is 2.03 bits per heavy atom. The zero-order chi connectivity index (χ0) is 21.8. The minimum absolute atomic E-state index is 0. The Morgan fingerprint density at radius 3 is 2.61 bits per heavy atom. The van der Waals surface area contributed by atoms with Crippen molar-refractivity contribution in [3.05, 3.63) is 24.2 Å². The number of aliphatic imine (C=N–C) groups is 1. The Morgan fingerprint density at radius 1 is 1.29 bits per heavy atom. The second-order valence-corrected chi connectivity index (χ2v) is 10.3. The lowest BCUT2D eigenvalue weighted by atomic mass is 10.00.